The predicted molar refractivity (Wildman–Crippen MR) is 98.1 cm³/mol. The predicted octanol–water partition coefficient (Wildman–Crippen LogP) is 4.14. The van der Waals surface area contributed by atoms with Crippen LogP contribution in [0.5, 0.6) is 0 Å². The van der Waals surface area contributed by atoms with Crippen LogP contribution in [-0.2, 0) is 4.79 Å². The van der Waals surface area contributed by atoms with E-state index in [1.807, 2.05) is 6.07 Å². The van der Waals surface area contributed by atoms with Gasteiger partial charge in [0.25, 0.3) is 0 Å². The maximum absolute atomic E-state index is 12.6. The molecule has 4 aliphatic rings. The molecule has 4 saturated carbocycles. The number of nitrogens with one attached hydrogen (secondary N) is 1. The van der Waals surface area contributed by atoms with Gasteiger partial charge in [0.1, 0.15) is 0 Å². The summed E-state index contributed by atoms with van der Waals surface area (Å²) in [5, 5.41) is 3.12. The number of hydrogen-bond acceptors (Lipinski definition) is 2. The molecule has 4 fully saturated rings. The molecule has 4 aliphatic carbocycles. The number of rotatable bonds is 4. The highest BCUT2D eigenvalue weighted by Gasteiger charge is 2.52. The zero-order valence-corrected chi connectivity index (χ0v) is 15.3. The minimum Gasteiger partial charge on any atom is -0.325 e. The minimum absolute atomic E-state index is 0.125. The molecule has 3 heteroatoms. The van der Waals surface area contributed by atoms with Gasteiger partial charge in [-0.3, -0.25) is 9.69 Å². The fraction of sp³-hybridized carbons (Fsp3) is 0.667. The van der Waals surface area contributed by atoms with E-state index in [4.69, 9.17) is 0 Å². The van der Waals surface area contributed by atoms with Crippen LogP contribution < -0.4 is 5.32 Å². The summed E-state index contributed by atoms with van der Waals surface area (Å²) in [5.41, 5.74) is 3.62. The van der Waals surface area contributed by atoms with Gasteiger partial charge < -0.3 is 5.32 Å². The van der Waals surface area contributed by atoms with Crippen molar-refractivity contribution in [1.82, 2.24) is 4.90 Å². The van der Waals surface area contributed by atoms with Gasteiger partial charge in [-0.25, -0.2) is 0 Å². The van der Waals surface area contributed by atoms with Crippen LogP contribution in [0.2, 0.25) is 0 Å². The first-order chi connectivity index (χ1) is 11.4. The summed E-state index contributed by atoms with van der Waals surface area (Å²) in [4.78, 5) is 15.0. The Labute approximate surface area is 145 Å². The number of likely N-dealkylation sites (N-methyl/N-ethyl adjacent to an activating group) is 1. The highest BCUT2D eigenvalue weighted by atomic mass is 16.2. The zero-order chi connectivity index (χ0) is 16.9. The van der Waals surface area contributed by atoms with Crippen LogP contribution >= 0.6 is 0 Å². The first kappa shape index (κ1) is 16.1. The van der Waals surface area contributed by atoms with E-state index in [-0.39, 0.29) is 5.91 Å². The molecule has 1 N–H and O–H groups in total. The number of carbonyl (C=O) groups is 1. The van der Waals surface area contributed by atoms with Gasteiger partial charge in [-0.05, 0) is 88.8 Å². The van der Waals surface area contributed by atoms with Crippen molar-refractivity contribution in [1.29, 1.82) is 0 Å². The molecule has 3 nitrogen and oxygen atoms in total. The third kappa shape index (κ3) is 2.88. The van der Waals surface area contributed by atoms with Crippen molar-refractivity contribution >= 4 is 11.6 Å². The molecule has 0 spiro atoms. The highest BCUT2D eigenvalue weighted by Crippen LogP contribution is 2.57. The van der Waals surface area contributed by atoms with E-state index < -0.39 is 0 Å². The Bertz CT molecular complexity index is 616. The van der Waals surface area contributed by atoms with Crippen LogP contribution in [-0.4, -0.2) is 29.9 Å². The molecule has 5 rings (SSSR count). The number of aryl methyl sites for hydroxylation is 2. The summed E-state index contributed by atoms with van der Waals surface area (Å²) in [7, 11) is 2.18. The molecule has 0 radical (unpaired) electrons. The summed E-state index contributed by atoms with van der Waals surface area (Å²) >= 11 is 0. The number of hydrogen-bond donors (Lipinski definition) is 1. The van der Waals surface area contributed by atoms with E-state index in [0.29, 0.717) is 12.1 Å². The molecule has 4 bridgehead atoms. The maximum atomic E-state index is 12.6. The molecule has 0 saturated heterocycles. The van der Waals surface area contributed by atoms with Crippen molar-refractivity contribution in [2.75, 3.05) is 18.9 Å². The number of carbonyl (C=O) groups excluding carboxylic acids is 1. The van der Waals surface area contributed by atoms with E-state index in [1.165, 1.54) is 44.1 Å². The Morgan fingerprint density at radius 2 is 1.71 bits per heavy atom. The smallest absolute Gasteiger partial charge is 0.238 e. The largest absolute Gasteiger partial charge is 0.325 e. The van der Waals surface area contributed by atoms with E-state index in [0.717, 1.165) is 29.0 Å². The second-order valence-corrected chi connectivity index (χ2v) is 8.86. The van der Waals surface area contributed by atoms with Gasteiger partial charge in [0, 0.05) is 11.2 Å². The van der Waals surface area contributed by atoms with Gasteiger partial charge in [0.15, 0.2) is 0 Å². The minimum atomic E-state index is 0.125. The first-order valence-electron chi connectivity index (χ1n) is 9.52. The molecule has 130 valence electrons. The molecule has 0 heterocycles. The van der Waals surface area contributed by atoms with Crippen LogP contribution in [0.25, 0.3) is 0 Å². The lowest BCUT2D eigenvalue weighted by Gasteiger charge is -2.59. The number of benzene rings is 1. The summed E-state index contributed by atoms with van der Waals surface area (Å²) in [6.45, 7) is 4.66. The summed E-state index contributed by atoms with van der Waals surface area (Å²) in [6, 6.07) is 6.21. The quantitative estimate of drug-likeness (QED) is 0.902. The molecule has 1 aromatic carbocycles. The highest BCUT2D eigenvalue weighted by molar-refractivity contribution is 5.93. The number of anilines is 1. The van der Waals surface area contributed by atoms with Crippen LogP contribution in [0, 0.1) is 31.6 Å². The maximum Gasteiger partial charge on any atom is 0.238 e. The Kier molecular flexibility index (Phi) is 3.95. The summed E-state index contributed by atoms with van der Waals surface area (Å²) in [6.07, 6.45) is 8.27. The molecular formula is C21H30N2O. The van der Waals surface area contributed by atoms with Gasteiger partial charge in [-0.15, -0.1) is 0 Å². The molecule has 0 atom stereocenters. The van der Waals surface area contributed by atoms with Crippen LogP contribution in [0.1, 0.15) is 49.7 Å². The van der Waals surface area contributed by atoms with Gasteiger partial charge in [-0.2, -0.15) is 0 Å². The van der Waals surface area contributed by atoms with Crippen molar-refractivity contribution in [2.45, 2.75) is 57.9 Å². The first-order valence-corrected chi connectivity index (χ1v) is 9.52. The zero-order valence-electron chi connectivity index (χ0n) is 15.3. The lowest BCUT2D eigenvalue weighted by Crippen LogP contribution is -2.59. The lowest BCUT2D eigenvalue weighted by molar-refractivity contribution is -0.123. The molecular weight excluding hydrogens is 296 g/mol. The van der Waals surface area contributed by atoms with Crippen molar-refractivity contribution in [3.05, 3.63) is 29.3 Å². The van der Waals surface area contributed by atoms with Crippen LogP contribution in [0.3, 0.4) is 0 Å². The Balaban J connectivity index is 1.42. The van der Waals surface area contributed by atoms with Crippen molar-refractivity contribution in [3.8, 4) is 0 Å². The van der Waals surface area contributed by atoms with Crippen molar-refractivity contribution < 1.29 is 4.79 Å². The van der Waals surface area contributed by atoms with Crippen LogP contribution in [0.4, 0.5) is 5.69 Å². The normalized spacial score (nSPS) is 33.9. The van der Waals surface area contributed by atoms with E-state index in [9.17, 15) is 4.79 Å². The Morgan fingerprint density at radius 1 is 1.12 bits per heavy atom. The van der Waals surface area contributed by atoms with Crippen LogP contribution in [0.15, 0.2) is 18.2 Å². The number of nitrogens with zero attached hydrogens (tertiary/aromatic N) is 1. The van der Waals surface area contributed by atoms with Gasteiger partial charge in [-0.1, -0.05) is 17.7 Å². The van der Waals surface area contributed by atoms with E-state index in [1.54, 1.807) is 0 Å². The molecule has 24 heavy (non-hydrogen) atoms. The monoisotopic (exact) mass is 326 g/mol. The van der Waals surface area contributed by atoms with Crippen molar-refractivity contribution in [2.24, 2.45) is 17.8 Å². The summed E-state index contributed by atoms with van der Waals surface area (Å²) < 4.78 is 0. The van der Waals surface area contributed by atoms with E-state index in [2.05, 4.69) is 43.2 Å². The average molecular weight is 326 g/mol. The average Bonchev–Trinajstić information content (AvgIpc) is 2.48. The van der Waals surface area contributed by atoms with Gasteiger partial charge in [0.2, 0.25) is 5.91 Å². The molecule has 1 amide bonds. The standard InChI is InChI=1S/C21H30N2O/c1-14-4-5-19(15(2)6-14)22-20(24)13-23(3)21-10-16-7-17(11-21)9-18(8-16)12-21/h4-6,16-18H,7-13H2,1-3H3,(H,22,24). The van der Waals surface area contributed by atoms with E-state index >= 15 is 0 Å². The molecule has 1 aromatic rings. The molecule has 0 unspecified atom stereocenters. The van der Waals surface area contributed by atoms with Gasteiger partial charge in [0.05, 0.1) is 6.54 Å². The second-order valence-electron chi connectivity index (χ2n) is 8.86. The third-order valence-electron chi connectivity index (χ3n) is 6.85. The third-order valence-corrected chi connectivity index (χ3v) is 6.85. The Morgan fingerprint density at radius 3 is 2.25 bits per heavy atom. The summed E-state index contributed by atoms with van der Waals surface area (Å²) in [5.74, 6) is 2.88. The van der Waals surface area contributed by atoms with Crippen molar-refractivity contribution in [3.63, 3.8) is 0 Å². The Hall–Kier alpha value is -1.35. The second kappa shape index (κ2) is 5.87. The molecule has 0 aromatic heterocycles. The molecule has 0 aliphatic heterocycles. The SMILES string of the molecule is Cc1ccc(NC(=O)CN(C)C23CC4CC(CC(C4)C2)C3)c(C)c1. The lowest BCUT2D eigenvalue weighted by atomic mass is 9.52. The topological polar surface area (TPSA) is 32.3 Å². The number of amides is 1. The van der Waals surface area contributed by atoms with Gasteiger partial charge >= 0.3 is 0 Å². The fourth-order valence-electron chi connectivity index (χ4n) is 6.06. The fourth-order valence-corrected chi connectivity index (χ4v) is 6.06.